The molecule has 0 aromatic carbocycles. The molecule has 1 nitrogen and oxygen atoms in total. The molecule has 0 saturated heterocycles. The van der Waals surface area contributed by atoms with E-state index < -0.39 is 11.3 Å². The van der Waals surface area contributed by atoms with E-state index in [2.05, 4.69) is 0 Å². The monoisotopic (exact) mass is 143 g/mol. The number of hydrogen-bond donors (Lipinski definition) is 1. The third-order valence-corrected chi connectivity index (χ3v) is 1.32. The van der Waals surface area contributed by atoms with Crippen molar-refractivity contribution in [3.8, 4) is 0 Å². The van der Waals surface area contributed by atoms with E-state index in [-0.39, 0.29) is 6.54 Å². The van der Waals surface area contributed by atoms with Crippen molar-refractivity contribution in [3.63, 3.8) is 0 Å². The van der Waals surface area contributed by atoms with Crippen LogP contribution in [0.3, 0.4) is 0 Å². The molecule has 0 aromatic rings. The van der Waals surface area contributed by atoms with E-state index in [1.807, 2.05) is 0 Å². The van der Waals surface area contributed by atoms with Crippen molar-refractivity contribution in [2.45, 2.75) is 18.2 Å². The van der Waals surface area contributed by atoms with E-state index in [1.165, 1.54) is 0 Å². The summed E-state index contributed by atoms with van der Waals surface area (Å²) in [5, 5.41) is -1.23. The van der Waals surface area contributed by atoms with Crippen LogP contribution in [0.5, 0.6) is 0 Å². The number of rotatable bonds is 2. The second kappa shape index (κ2) is 2.60. The summed E-state index contributed by atoms with van der Waals surface area (Å²) >= 11 is 5.07. The lowest BCUT2D eigenvalue weighted by molar-refractivity contribution is 0.0198. The van der Waals surface area contributed by atoms with Crippen LogP contribution in [0.15, 0.2) is 0 Å². The van der Waals surface area contributed by atoms with Crippen LogP contribution in [0.25, 0.3) is 0 Å². The SMILES string of the molecule is CC(F)(F)C(Cl)CN. The summed E-state index contributed by atoms with van der Waals surface area (Å²) in [4.78, 5) is 0. The molecular weight excluding hydrogens is 136 g/mol. The summed E-state index contributed by atoms with van der Waals surface area (Å²) in [6.45, 7) is 0.558. The Kier molecular flexibility index (Phi) is 2.63. The third-order valence-electron chi connectivity index (χ3n) is 0.757. The highest BCUT2D eigenvalue weighted by Crippen LogP contribution is 2.20. The second-order valence-electron chi connectivity index (χ2n) is 1.66. The zero-order valence-corrected chi connectivity index (χ0v) is 5.25. The predicted octanol–water partition coefficient (Wildman–Crippen LogP) is 1.21. The van der Waals surface area contributed by atoms with Crippen molar-refractivity contribution in [1.29, 1.82) is 0 Å². The van der Waals surface area contributed by atoms with E-state index >= 15 is 0 Å². The Morgan fingerprint density at radius 3 is 2.12 bits per heavy atom. The Labute approximate surface area is 51.8 Å². The summed E-state index contributed by atoms with van der Waals surface area (Å²) in [5.41, 5.74) is 4.85. The van der Waals surface area contributed by atoms with Crippen LogP contribution in [-0.2, 0) is 0 Å². The van der Waals surface area contributed by atoms with Gasteiger partial charge in [-0.15, -0.1) is 11.6 Å². The molecule has 0 aromatic heterocycles. The molecule has 0 aliphatic heterocycles. The van der Waals surface area contributed by atoms with Gasteiger partial charge in [0, 0.05) is 13.5 Å². The van der Waals surface area contributed by atoms with Gasteiger partial charge in [0.25, 0.3) is 5.92 Å². The highest BCUT2D eigenvalue weighted by molar-refractivity contribution is 6.21. The number of nitrogens with two attached hydrogens (primary N) is 1. The first kappa shape index (κ1) is 8.11. The highest BCUT2D eigenvalue weighted by Gasteiger charge is 2.30. The molecule has 0 radical (unpaired) electrons. The van der Waals surface area contributed by atoms with Gasteiger partial charge in [0.05, 0.1) is 0 Å². The number of alkyl halides is 3. The molecule has 0 spiro atoms. The molecule has 1 atom stereocenters. The maximum Gasteiger partial charge on any atom is 0.262 e. The van der Waals surface area contributed by atoms with Gasteiger partial charge < -0.3 is 5.73 Å². The molecule has 0 saturated carbocycles. The van der Waals surface area contributed by atoms with Crippen LogP contribution in [0.2, 0.25) is 0 Å². The molecule has 0 aliphatic rings. The Bertz CT molecular complexity index is 70.9. The van der Waals surface area contributed by atoms with E-state index in [4.69, 9.17) is 17.3 Å². The third kappa shape index (κ3) is 2.43. The summed E-state index contributed by atoms with van der Waals surface area (Å²) in [6.07, 6.45) is 0. The van der Waals surface area contributed by atoms with E-state index in [0.29, 0.717) is 0 Å². The van der Waals surface area contributed by atoms with Gasteiger partial charge in [-0.2, -0.15) is 0 Å². The van der Waals surface area contributed by atoms with Gasteiger partial charge in [-0.3, -0.25) is 0 Å². The zero-order chi connectivity index (χ0) is 6.78. The molecule has 4 heteroatoms. The standard InChI is InChI=1S/C4H8ClF2N/c1-4(6,7)3(5)2-8/h3H,2,8H2,1H3. The van der Waals surface area contributed by atoms with Gasteiger partial charge in [0.2, 0.25) is 0 Å². The molecule has 0 rings (SSSR count). The van der Waals surface area contributed by atoms with Crippen LogP contribution < -0.4 is 5.73 Å². The molecule has 2 N–H and O–H groups in total. The largest absolute Gasteiger partial charge is 0.329 e. The molecule has 0 heterocycles. The van der Waals surface area contributed by atoms with E-state index in [9.17, 15) is 8.78 Å². The first-order valence-corrected chi connectivity index (χ1v) is 2.64. The summed E-state index contributed by atoms with van der Waals surface area (Å²) in [6, 6.07) is 0. The quantitative estimate of drug-likeness (QED) is 0.578. The zero-order valence-electron chi connectivity index (χ0n) is 4.50. The summed E-state index contributed by atoms with van der Waals surface area (Å²) in [5.74, 6) is -2.85. The van der Waals surface area contributed by atoms with Crippen molar-refractivity contribution in [1.82, 2.24) is 0 Å². The van der Waals surface area contributed by atoms with Gasteiger partial charge in [-0.05, 0) is 0 Å². The average molecular weight is 144 g/mol. The van der Waals surface area contributed by atoms with Crippen molar-refractivity contribution in [3.05, 3.63) is 0 Å². The Balaban J connectivity index is 3.62. The maximum absolute atomic E-state index is 11.9. The second-order valence-corrected chi connectivity index (χ2v) is 2.19. The number of hydrogen-bond acceptors (Lipinski definition) is 1. The Hall–Kier alpha value is 0.110. The molecule has 0 bridgehead atoms. The normalized spacial score (nSPS) is 16.1. The fourth-order valence-electron chi connectivity index (χ4n) is 0.207. The molecule has 8 heavy (non-hydrogen) atoms. The first-order chi connectivity index (χ1) is 3.48. The van der Waals surface area contributed by atoms with E-state index in [1.54, 1.807) is 0 Å². The topological polar surface area (TPSA) is 26.0 Å². The average Bonchev–Trinajstić information content (AvgIpc) is 1.62. The molecule has 50 valence electrons. The van der Waals surface area contributed by atoms with Crippen LogP contribution in [0, 0.1) is 0 Å². The maximum atomic E-state index is 11.9. The lowest BCUT2D eigenvalue weighted by Crippen LogP contribution is -2.31. The van der Waals surface area contributed by atoms with Crippen LogP contribution in [0.4, 0.5) is 8.78 Å². The van der Waals surface area contributed by atoms with Crippen LogP contribution >= 0.6 is 11.6 Å². The minimum Gasteiger partial charge on any atom is -0.329 e. The molecule has 0 aliphatic carbocycles. The fraction of sp³-hybridized carbons (Fsp3) is 1.00. The smallest absolute Gasteiger partial charge is 0.262 e. The van der Waals surface area contributed by atoms with Gasteiger partial charge in [0.1, 0.15) is 5.38 Å². The van der Waals surface area contributed by atoms with Crippen molar-refractivity contribution in [2.24, 2.45) is 5.73 Å². The Morgan fingerprint density at radius 1 is 1.75 bits per heavy atom. The summed E-state index contributed by atoms with van der Waals surface area (Å²) in [7, 11) is 0. The van der Waals surface area contributed by atoms with Crippen molar-refractivity contribution >= 4 is 11.6 Å². The van der Waals surface area contributed by atoms with E-state index in [0.717, 1.165) is 6.92 Å². The first-order valence-electron chi connectivity index (χ1n) is 2.20. The van der Waals surface area contributed by atoms with Gasteiger partial charge >= 0.3 is 0 Å². The minimum absolute atomic E-state index is 0.189. The predicted molar refractivity (Wildman–Crippen MR) is 29.3 cm³/mol. The minimum atomic E-state index is -2.85. The highest BCUT2D eigenvalue weighted by atomic mass is 35.5. The van der Waals surface area contributed by atoms with Gasteiger partial charge in [0.15, 0.2) is 0 Å². The van der Waals surface area contributed by atoms with Crippen molar-refractivity contribution < 1.29 is 8.78 Å². The molecular formula is C4H8ClF2N. The van der Waals surface area contributed by atoms with Crippen molar-refractivity contribution in [2.75, 3.05) is 6.54 Å². The Morgan fingerprint density at radius 2 is 2.12 bits per heavy atom. The van der Waals surface area contributed by atoms with Gasteiger partial charge in [-0.1, -0.05) is 0 Å². The molecule has 0 fully saturated rings. The van der Waals surface area contributed by atoms with Gasteiger partial charge in [-0.25, -0.2) is 8.78 Å². The molecule has 1 unspecified atom stereocenters. The number of halogens is 3. The lowest BCUT2D eigenvalue weighted by atomic mass is 10.3. The van der Waals surface area contributed by atoms with Crippen LogP contribution in [-0.4, -0.2) is 17.8 Å². The van der Waals surface area contributed by atoms with Crippen LogP contribution in [0.1, 0.15) is 6.92 Å². The lowest BCUT2D eigenvalue weighted by Gasteiger charge is -2.13. The summed E-state index contributed by atoms with van der Waals surface area (Å²) < 4.78 is 23.8. The fourth-order valence-corrected chi connectivity index (χ4v) is 0.207. The molecule has 0 amide bonds.